The van der Waals surface area contributed by atoms with E-state index in [1.165, 1.54) is 11.3 Å². The fourth-order valence-corrected chi connectivity index (χ4v) is 3.15. The van der Waals surface area contributed by atoms with Gasteiger partial charge in [0.1, 0.15) is 4.88 Å². The number of hydrogen-bond acceptors (Lipinski definition) is 4. The van der Waals surface area contributed by atoms with Gasteiger partial charge in [0.2, 0.25) is 5.91 Å². The Labute approximate surface area is 110 Å². The first-order valence-corrected chi connectivity index (χ1v) is 6.90. The van der Waals surface area contributed by atoms with Gasteiger partial charge in [-0.15, -0.1) is 11.3 Å². The molecule has 1 fully saturated rings. The Morgan fingerprint density at radius 1 is 1.39 bits per heavy atom. The van der Waals surface area contributed by atoms with Gasteiger partial charge in [0.15, 0.2) is 0 Å². The highest BCUT2D eigenvalue weighted by molar-refractivity contribution is 7.12. The van der Waals surface area contributed by atoms with Gasteiger partial charge in [-0.2, -0.15) is 0 Å². The number of nitrogens with two attached hydrogens (primary N) is 2. The van der Waals surface area contributed by atoms with Gasteiger partial charge < -0.3 is 16.4 Å². The number of nitrogen functional groups attached to an aromatic ring is 1. The molecule has 1 aromatic rings. The van der Waals surface area contributed by atoms with Crippen LogP contribution in [-0.4, -0.2) is 29.3 Å². The van der Waals surface area contributed by atoms with Crippen molar-refractivity contribution in [1.29, 1.82) is 0 Å². The van der Waals surface area contributed by atoms with Crippen LogP contribution in [0.3, 0.4) is 0 Å². The Hall–Kier alpha value is -1.56. The third-order valence-corrected chi connectivity index (χ3v) is 4.16. The molecule has 1 saturated carbocycles. The summed E-state index contributed by atoms with van der Waals surface area (Å²) in [4.78, 5) is 25.6. The summed E-state index contributed by atoms with van der Waals surface area (Å²) in [6, 6.07) is 1.82. The van der Waals surface area contributed by atoms with Gasteiger partial charge in [0, 0.05) is 6.04 Å². The Bertz CT molecular complexity index is 452. The van der Waals surface area contributed by atoms with E-state index in [-0.39, 0.29) is 18.5 Å². The van der Waals surface area contributed by atoms with Crippen LogP contribution in [0.2, 0.25) is 0 Å². The summed E-state index contributed by atoms with van der Waals surface area (Å²) in [6.45, 7) is -0.0269. The van der Waals surface area contributed by atoms with Crippen LogP contribution in [0.4, 0.5) is 5.69 Å². The highest BCUT2D eigenvalue weighted by Gasteiger charge is 2.29. The van der Waals surface area contributed by atoms with Crippen molar-refractivity contribution in [2.24, 2.45) is 5.73 Å². The highest BCUT2D eigenvalue weighted by atomic mass is 32.1. The molecule has 98 valence electrons. The molecule has 0 bridgehead atoms. The third kappa shape index (κ3) is 2.64. The number of carbonyl (C=O) groups excluding carboxylic acids is 2. The Morgan fingerprint density at radius 3 is 2.56 bits per heavy atom. The zero-order chi connectivity index (χ0) is 13.1. The molecule has 2 rings (SSSR count). The first-order valence-electron chi connectivity index (χ1n) is 6.02. The third-order valence-electron chi connectivity index (χ3n) is 3.24. The number of carbonyl (C=O) groups is 2. The second-order valence-electron chi connectivity index (χ2n) is 4.54. The minimum absolute atomic E-state index is 0.0269. The molecule has 0 spiro atoms. The van der Waals surface area contributed by atoms with Gasteiger partial charge in [-0.1, -0.05) is 12.8 Å². The monoisotopic (exact) mass is 267 g/mol. The molecule has 0 atom stereocenters. The van der Waals surface area contributed by atoms with Crippen molar-refractivity contribution < 1.29 is 9.59 Å². The number of primary amides is 1. The Kier molecular flexibility index (Phi) is 3.86. The molecule has 2 amide bonds. The number of amides is 2. The normalized spacial score (nSPS) is 15.8. The van der Waals surface area contributed by atoms with E-state index in [0.717, 1.165) is 25.7 Å². The van der Waals surface area contributed by atoms with Crippen LogP contribution in [0.25, 0.3) is 0 Å². The average molecular weight is 267 g/mol. The molecule has 1 heterocycles. The number of rotatable bonds is 4. The van der Waals surface area contributed by atoms with Crippen LogP contribution in [0, 0.1) is 0 Å². The summed E-state index contributed by atoms with van der Waals surface area (Å²) in [7, 11) is 0. The molecule has 0 radical (unpaired) electrons. The van der Waals surface area contributed by atoms with Crippen LogP contribution < -0.4 is 11.5 Å². The maximum atomic E-state index is 12.4. The second kappa shape index (κ2) is 5.39. The van der Waals surface area contributed by atoms with E-state index in [2.05, 4.69) is 0 Å². The molecule has 5 nitrogen and oxygen atoms in total. The second-order valence-corrected chi connectivity index (χ2v) is 5.46. The standard InChI is InChI=1S/C12H17N3O2S/c13-9-5-6-18-11(9)12(17)15(7-10(14)16)8-3-1-2-4-8/h5-6,8H,1-4,7,13H2,(H2,14,16). The van der Waals surface area contributed by atoms with Crippen molar-refractivity contribution in [1.82, 2.24) is 4.90 Å². The topological polar surface area (TPSA) is 89.4 Å². The van der Waals surface area contributed by atoms with Crippen LogP contribution in [-0.2, 0) is 4.79 Å². The van der Waals surface area contributed by atoms with E-state index < -0.39 is 5.91 Å². The lowest BCUT2D eigenvalue weighted by Crippen LogP contribution is -2.44. The quantitative estimate of drug-likeness (QED) is 0.859. The molecule has 0 aliphatic heterocycles. The minimum atomic E-state index is -0.481. The molecule has 0 saturated heterocycles. The molecule has 1 aliphatic rings. The van der Waals surface area contributed by atoms with Gasteiger partial charge in [0.05, 0.1) is 12.2 Å². The maximum absolute atomic E-state index is 12.4. The van der Waals surface area contributed by atoms with Crippen LogP contribution >= 0.6 is 11.3 Å². The van der Waals surface area contributed by atoms with E-state index in [9.17, 15) is 9.59 Å². The first kappa shape index (κ1) is 12.9. The lowest BCUT2D eigenvalue weighted by molar-refractivity contribution is -0.119. The minimum Gasteiger partial charge on any atom is -0.397 e. The maximum Gasteiger partial charge on any atom is 0.266 e. The van der Waals surface area contributed by atoms with Crippen molar-refractivity contribution in [2.75, 3.05) is 12.3 Å². The number of anilines is 1. The predicted molar refractivity (Wildman–Crippen MR) is 71.2 cm³/mol. The highest BCUT2D eigenvalue weighted by Crippen LogP contribution is 2.27. The summed E-state index contributed by atoms with van der Waals surface area (Å²) >= 11 is 1.30. The Balaban J connectivity index is 2.20. The predicted octanol–water partition coefficient (Wildman–Crippen LogP) is 1.20. The fraction of sp³-hybridized carbons (Fsp3) is 0.500. The van der Waals surface area contributed by atoms with E-state index in [1.54, 1.807) is 16.3 Å². The molecule has 1 aliphatic carbocycles. The van der Waals surface area contributed by atoms with Crippen molar-refractivity contribution in [2.45, 2.75) is 31.7 Å². The van der Waals surface area contributed by atoms with E-state index in [1.807, 2.05) is 0 Å². The van der Waals surface area contributed by atoms with Crippen LogP contribution in [0.1, 0.15) is 35.4 Å². The lowest BCUT2D eigenvalue weighted by Gasteiger charge is -2.27. The molecular weight excluding hydrogens is 250 g/mol. The van der Waals surface area contributed by atoms with E-state index in [4.69, 9.17) is 11.5 Å². The molecule has 0 aromatic carbocycles. The first-order chi connectivity index (χ1) is 8.59. The largest absolute Gasteiger partial charge is 0.397 e. The summed E-state index contributed by atoms with van der Waals surface area (Å²) < 4.78 is 0. The number of nitrogens with zero attached hydrogens (tertiary/aromatic N) is 1. The molecule has 0 unspecified atom stereocenters. The molecular formula is C12H17N3O2S. The zero-order valence-corrected chi connectivity index (χ0v) is 10.9. The van der Waals surface area contributed by atoms with Crippen molar-refractivity contribution in [3.63, 3.8) is 0 Å². The summed E-state index contributed by atoms with van der Waals surface area (Å²) in [5.74, 6) is -0.654. The number of hydrogen-bond donors (Lipinski definition) is 2. The van der Waals surface area contributed by atoms with E-state index >= 15 is 0 Å². The van der Waals surface area contributed by atoms with Crippen molar-refractivity contribution in [3.8, 4) is 0 Å². The zero-order valence-electron chi connectivity index (χ0n) is 10.1. The molecule has 1 aromatic heterocycles. The van der Waals surface area contributed by atoms with Crippen molar-refractivity contribution >= 4 is 28.8 Å². The van der Waals surface area contributed by atoms with Crippen LogP contribution in [0.15, 0.2) is 11.4 Å². The van der Waals surface area contributed by atoms with E-state index in [0.29, 0.717) is 10.6 Å². The Morgan fingerprint density at radius 2 is 2.06 bits per heavy atom. The van der Waals surface area contributed by atoms with Gasteiger partial charge in [-0.3, -0.25) is 9.59 Å². The molecule has 6 heteroatoms. The SMILES string of the molecule is NC(=O)CN(C(=O)c1sccc1N)C1CCCC1. The lowest BCUT2D eigenvalue weighted by atomic mass is 10.2. The van der Waals surface area contributed by atoms with Gasteiger partial charge >= 0.3 is 0 Å². The van der Waals surface area contributed by atoms with Gasteiger partial charge in [0.25, 0.3) is 5.91 Å². The van der Waals surface area contributed by atoms with Gasteiger partial charge in [-0.25, -0.2) is 0 Å². The summed E-state index contributed by atoms with van der Waals surface area (Å²) in [6.07, 6.45) is 4.05. The summed E-state index contributed by atoms with van der Waals surface area (Å²) in [5.41, 5.74) is 11.5. The van der Waals surface area contributed by atoms with Gasteiger partial charge in [-0.05, 0) is 24.3 Å². The fourth-order valence-electron chi connectivity index (χ4n) is 2.37. The molecule has 18 heavy (non-hydrogen) atoms. The summed E-state index contributed by atoms with van der Waals surface area (Å²) in [5, 5.41) is 1.78. The average Bonchev–Trinajstić information content (AvgIpc) is 2.95. The van der Waals surface area contributed by atoms with Crippen molar-refractivity contribution in [3.05, 3.63) is 16.3 Å². The van der Waals surface area contributed by atoms with Crippen LogP contribution in [0.5, 0.6) is 0 Å². The number of thiophene rings is 1. The smallest absolute Gasteiger partial charge is 0.266 e. The molecule has 4 N–H and O–H groups in total.